The van der Waals surface area contributed by atoms with Crippen LogP contribution in [0.25, 0.3) is 11.3 Å². The molecular weight excluding hydrogens is 312 g/mol. The van der Waals surface area contributed by atoms with E-state index in [0.717, 1.165) is 47.6 Å². The molecule has 2 heterocycles. The van der Waals surface area contributed by atoms with Gasteiger partial charge in [0.2, 0.25) is 0 Å². The molecule has 4 rings (SSSR count). The van der Waals surface area contributed by atoms with Gasteiger partial charge >= 0.3 is 0 Å². The molecule has 1 aromatic heterocycles. The smallest absolute Gasteiger partial charge is 0.161 e. The molecule has 0 spiro atoms. The second-order valence-corrected chi connectivity index (χ2v) is 7.46. The summed E-state index contributed by atoms with van der Waals surface area (Å²) >= 11 is 0. The van der Waals surface area contributed by atoms with Gasteiger partial charge in [0, 0.05) is 24.7 Å². The molecule has 134 valence electrons. The van der Waals surface area contributed by atoms with Gasteiger partial charge in [-0.2, -0.15) is 0 Å². The van der Waals surface area contributed by atoms with Crippen LogP contribution in [-0.4, -0.2) is 23.8 Å². The Labute approximate surface area is 150 Å². The zero-order chi connectivity index (χ0) is 17.2. The fraction of sp³-hybridized carbons (Fsp3) is 0.571. The molecule has 1 unspecified atom stereocenters. The maximum atomic E-state index is 5.44. The number of hydrogen-bond acceptors (Lipinski definition) is 3. The molecule has 0 saturated heterocycles. The molecular formula is C21H28N2O2. The number of aryl methyl sites for hydroxylation is 1. The van der Waals surface area contributed by atoms with E-state index in [2.05, 4.69) is 16.8 Å². The Kier molecular flexibility index (Phi) is 4.69. The highest BCUT2D eigenvalue weighted by Gasteiger charge is 2.28. The van der Waals surface area contributed by atoms with Crippen LogP contribution in [0.2, 0.25) is 0 Å². The number of ether oxygens (including phenoxy) is 2. The van der Waals surface area contributed by atoms with E-state index in [9.17, 15) is 0 Å². The van der Waals surface area contributed by atoms with E-state index >= 15 is 0 Å². The largest absolute Gasteiger partial charge is 0.493 e. The van der Waals surface area contributed by atoms with Gasteiger partial charge in [0.25, 0.3) is 0 Å². The predicted octanol–water partition coefficient (Wildman–Crippen LogP) is 4.71. The van der Waals surface area contributed by atoms with Crippen molar-refractivity contribution in [2.75, 3.05) is 14.2 Å². The number of hydrogen-bond donors (Lipinski definition) is 0. The van der Waals surface area contributed by atoms with Crippen LogP contribution in [-0.2, 0) is 13.0 Å². The first-order valence-corrected chi connectivity index (χ1v) is 9.57. The Morgan fingerprint density at radius 1 is 0.960 bits per heavy atom. The van der Waals surface area contributed by atoms with Crippen molar-refractivity contribution in [3.05, 3.63) is 30.2 Å². The highest BCUT2D eigenvalue weighted by atomic mass is 16.5. The van der Waals surface area contributed by atoms with Crippen molar-refractivity contribution in [2.45, 2.75) is 51.5 Å². The van der Waals surface area contributed by atoms with Gasteiger partial charge in [-0.1, -0.05) is 32.1 Å². The lowest BCUT2D eigenvalue weighted by Gasteiger charge is -2.33. The molecule has 1 aromatic carbocycles. The summed E-state index contributed by atoms with van der Waals surface area (Å²) in [7, 11) is 3.34. The Balaban J connectivity index is 1.56. The second kappa shape index (κ2) is 7.11. The van der Waals surface area contributed by atoms with Crippen molar-refractivity contribution in [1.82, 2.24) is 9.55 Å². The van der Waals surface area contributed by atoms with E-state index in [1.165, 1.54) is 44.3 Å². The number of aromatic nitrogens is 2. The number of fused-ring (bicyclic) bond motifs is 1. The summed E-state index contributed by atoms with van der Waals surface area (Å²) in [4.78, 5) is 4.96. The summed E-state index contributed by atoms with van der Waals surface area (Å²) in [6.07, 6.45) is 11.8. The summed E-state index contributed by atoms with van der Waals surface area (Å²) in [6, 6.07) is 6.04. The molecule has 0 bridgehead atoms. The zero-order valence-electron chi connectivity index (χ0n) is 15.3. The van der Waals surface area contributed by atoms with E-state index in [4.69, 9.17) is 14.5 Å². The monoisotopic (exact) mass is 340 g/mol. The van der Waals surface area contributed by atoms with Gasteiger partial charge in [-0.15, -0.1) is 0 Å². The van der Waals surface area contributed by atoms with Gasteiger partial charge in [0.1, 0.15) is 5.82 Å². The normalized spacial score (nSPS) is 21.0. The Bertz CT molecular complexity index is 731. The van der Waals surface area contributed by atoms with Crippen LogP contribution in [0.4, 0.5) is 0 Å². The van der Waals surface area contributed by atoms with Crippen LogP contribution in [0.15, 0.2) is 24.4 Å². The molecule has 1 aliphatic heterocycles. The van der Waals surface area contributed by atoms with Crippen molar-refractivity contribution in [1.29, 1.82) is 0 Å². The van der Waals surface area contributed by atoms with E-state index in [1.807, 2.05) is 12.1 Å². The summed E-state index contributed by atoms with van der Waals surface area (Å²) in [6.45, 7) is 1.11. The Morgan fingerprint density at radius 2 is 1.76 bits per heavy atom. The molecule has 0 radical (unpaired) electrons. The van der Waals surface area contributed by atoms with Crippen LogP contribution in [0, 0.1) is 11.8 Å². The average Bonchev–Trinajstić information content (AvgIpc) is 3.11. The average molecular weight is 340 g/mol. The van der Waals surface area contributed by atoms with Gasteiger partial charge < -0.3 is 14.0 Å². The van der Waals surface area contributed by atoms with Gasteiger partial charge in [0.15, 0.2) is 11.5 Å². The van der Waals surface area contributed by atoms with Crippen LogP contribution in [0.5, 0.6) is 11.5 Å². The van der Waals surface area contributed by atoms with Crippen molar-refractivity contribution >= 4 is 0 Å². The first kappa shape index (κ1) is 16.5. The Hall–Kier alpha value is -1.97. The third kappa shape index (κ3) is 3.26. The highest BCUT2D eigenvalue weighted by Crippen LogP contribution is 2.37. The molecule has 0 amide bonds. The summed E-state index contributed by atoms with van der Waals surface area (Å²) in [5, 5.41) is 0. The molecule has 1 aliphatic carbocycles. The molecule has 0 N–H and O–H groups in total. The molecule has 1 fully saturated rings. The minimum Gasteiger partial charge on any atom is -0.493 e. The number of rotatable bonds is 4. The maximum Gasteiger partial charge on any atom is 0.161 e. The van der Waals surface area contributed by atoms with E-state index in [1.54, 1.807) is 14.2 Å². The first-order chi connectivity index (χ1) is 12.3. The first-order valence-electron chi connectivity index (χ1n) is 9.57. The maximum absolute atomic E-state index is 5.44. The summed E-state index contributed by atoms with van der Waals surface area (Å²) in [5.41, 5.74) is 2.13. The number of methoxy groups -OCH3 is 2. The van der Waals surface area contributed by atoms with Gasteiger partial charge in [0.05, 0.1) is 19.9 Å². The summed E-state index contributed by atoms with van der Waals surface area (Å²) in [5.74, 6) is 4.52. The lowest BCUT2D eigenvalue weighted by atomic mass is 9.76. The molecule has 2 aliphatic rings. The number of nitrogens with zero attached hydrogens (tertiary/aromatic N) is 2. The van der Waals surface area contributed by atoms with E-state index in [0.29, 0.717) is 0 Å². The number of benzene rings is 1. The Morgan fingerprint density at radius 3 is 2.52 bits per heavy atom. The standard InChI is InChI=1S/C21H28N2O2/c1-24-19-9-8-17(12-20(19)25-2)18-14-23-11-10-16(13-21(23)22-18)15-6-4-3-5-7-15/h8-9,12,14-16H,3-7,10-11,13H2,1-2H3. The van der Waals surface area contributed by atoms with Crippen LogP contribution >= 0.6 is 0 Å². The minimum absolute atomic E-state index is 0.756. The number of imidazole rings is 1. The van der Waals surface area contributed by atoms with Gasteiger partial charge in [-0.05, 0) is 36.5 Å². The van der Waals surface area contributed by atoms with Crippen LogP contribution in [0.1, 0.15) is 44.3 Å². The van der Waals surface area contributed by atoms with Crippen molar-refractivity contribution < 1.29 is 9.47 Å². The fourth-order valence-electron chi connectivity index (χ4n) is 4.59. The lowest BCUT2D eigenvalue weighted by Crippen LogP contribution is -2.27. The third-order valence-electron chi connectivity index (χ3n) is 6.04. The zero-order valence-corrected chi connectivity index (χ0v) is 15.3. The summed E-state index contributed by atoms with van der Waals surface area (Å²) < 4.78 is 13.1. The van der Waals surface area contributed by atoms with Crippen molar-refractivity contribution in [3.63, 3.8) is 0 Å². The molecule has 2 aromatic rings. The van der Waals surface area contributed by atoms with Crippen LogP contribution < -0.4 is 9.47 Å². The van der Waals surface area contributed by atoms with Gasteiger partial charge in [-0.3, -0.25) is 0 Å². The topological polar surface area (TPSA) is 36.3 Å². The quantitative estimate of drug-likeness (QED) is 0.809. The molecule has 1 saturated carbocycles. The molecule has 1 atom stereocenters. The lowest BCUT2D eigenvalue weighted by molar-refractivity contribution is 0.208. The SMILES string of the molecule is COc1ccc(-c2cn3c(n2)CC(C2CCCCC2)CC3)cc1OC. The molecule has 4 nitrogen and oxygen atoms in total. The minimum atomic E-state index is 0.756. The fourth-order valence-corrected chi connectivity index (χ4v) is 4.59. The van der Waals surface area contributed by atoms with Gasteiger partial charge in [-0.25, -0.2) is 4.98 Å². The van der Waals surface area contributed by atoms with E-state index < -0.39 is 0 Å². The van der Waals surface area contributed by atoms with Crippen molar-refractivity contribution in [3.8, 4) is 22.8 Å². The molecule has 4 heteroatoms. The van der Waals surface area contributed by atoms with Crippen molar-refractivity contribution in [2.24, 2.45) is 11.8 Å². The molecule has 25 heavy (non-hydrogen) atoms. The third-order valence-corrected chi connectivity index (χ3v) is 6.04. The second-order valence-electron chi connectivity index (χ2n) is 7.46. The highest BCUT2D eigenvalue weighted by molar-refractivity contribution is 5.63. The predicted molar refractivity (Wildman–Crippen MR) is 99.2 cm³/mol. The van der Waals surface area contributed by atoms with E-state index in [-0.39, 0.29) is 0 Å². The van der Waals surface area contributed by atoms with Crippen LogP contribution in [0.3, 0.4) is 0 Å².